The number of rotatable bonds is 12. The number of carbonyl (C=O) groups is 3. The van der Waals surface area contributed by atoms with Crippen LogP contribution in [0.25, 0.3) is 0 Å². The topological polar surface area (TPSA) is 93.7 Å². The van der Waals surface area contributed by atoms with Gasteiger partial charge in [-0.1, -0.05) is 30.3 Å². The summed E-state index contributed by atoms with van der Waals surface area (Å²) in [7, 11) is 0. The van der Waals surface area contributed by atoms with E-state index in [1.54, 1.807) is 20.8 Å². The number of nitrogens with one attached hydrogen (secondary N) is 2. The van der Waals surface area contributed by atoms with E-state index in [0.29, 0.717) is 31.3 Å². The standard InChI is InChI=1S/C22H34N2O5Se/c1-22(2,3)29-21(27)24-18(16-30-4)20(26)23-14-10-6-9-13-19(25)28-15-17-11-7-5-8-12-17/h5,7-8,11-12,18H,6,9-10,13-16H2,1-4H3,(H,23,26)(H,24,27)/t18-/m0/s1. The molecule has 0 aliphatic carbocycles. The summed E-state index contributed by atoms with van der Waals surface area (Å²) in [6.45, 7) is 6.14. The van der Waals surface area contributed by atoms with Crippen molar-refractivity contribution in [2.45, 2.75) is 75.8 Å². The summed E-state index contributed by atoms with van der Waals surface area (Å²) in [6.07, 6.45) is 2.06. The van der Waals surface area contributed by atoms with Crippen molar-refractivity contribution in [1.82, 2.24) is 10.6 Å². The summed E-state index contributed by atoms with van der Waals surface area (Å²) in [5, 5.41) is 6.11. The maximum absolute atomic E-state index is 12.3. The quantitative estimate of drug-likeness (QED) is 0.269. The Labute approximate surface area is 185 Å². The molecule has 0 heterocycles. The zero-order valence-electron chi connectivity index (χ0n) is 18.4. The zero-order valence-corrected chi connectivity index (χ0v) is 20.1. The van der Waals surface area contributed by atoms with Crippen molar-refractivity contribution >= 4 is 32.9 Å². The Kier molecular flexibility index (Phi) is 12.2. The van der Waals surface area contributed by atoms with Gasteiger partial charge in [0, 0.05) is 0 Å². The molecule has 0 saturated carbocycles. The van der Waals surface area contributed by atoms with Gasteiger partial charge in [0.2, 0.25) is 0 Å². The molecule has 0 unspecified atom stereocenters. The van der Waals surface area contributed by atoms with Crippen LogP contribution in [0, 0.1) is 0 Å². The van der Waals surface area contributed by atoms with Gasteiger partial charge in [-0.3, -0.25) is 0 Å². The van der Waals surface area contributed by atoms with E-state index in [2.05, 4.69) is 10.6 Å². The molecular weight excluding hydrogens is 451 g/mol. The number of hydrogen-bond acceptors (Lipinski definition) is 5. The summed E-state index contributed by atoms with van der Waals surface area (Å²) in [5.41, 5.74) is 0.363. The van der Waals surface area contributed by atoms with Crippen LogP contribution in [0.4, 0.5) is 4.79 Å². The molecule has 0 bridgehead atoms. The fourth-order valence-corrected chi connectivity index (χ4v) is 3.71. The number of ether oxygens (including phenoxy) is 2. The Bertz CT molecular complexity index is 661. The predicted molar refractivity (Wildman–Crippen MR) is 117 cm³/mol. The van der Waals surface area contributed by atoms with Gasteiger partial charge in [0.15, 0.2) is 0 Å². The van der Waals surface area contributed by atoms with Gasteiger partial charge in [-0.2, -0.15) is 0 Å². The Hall–Kier alpha value is -2.05. The molecule has 0 saturated heterocycles. The molecule has 0 fully saturated rings. The van der Waals surface area contributed by atoms with Crippen LogP contribution in [0.2, 0.25) is 11.1 Å². The van der Waals surface area contributed by atoms with E-state index >= 15 is 0 Å². The fourth-order valence-electron chi connectivity index (χ4n) is 2.52. The molecule has 1 aromatic rings. The van der Waals surface area contributed by atoms with Crippen LogP contribution in [0.3, 0.4) is 0 Å². The number of esters is 1. The monoisotopic (exact) mass is 486 g/mol. The number of hydrogen-bond donors (Lipinski definition) is 2. The van der Waals surface area contributed by atoms with Crippen LogP contribution >= 0.6 is 0 Å². The minimum absolute atomic E-state index is 0.202. The molecule has 168 valence electrons. The molecule has 1 atom stereocenters. The SMILES string of the molecule is C[Se]C[C@H](NC(=O)OC(C)(C)C)C(=O)NCCCCCC(=O)OCc1ccccc1. The third-order valence-electron chi connectivity index (χ3n) is 3.94. The average Bonchev–Trinajstić information content (AvgIpc) is 2.68. The predicted octanol–water partition coefficient (Wildman–Crippen LogP) is 3.47. The number of amides is 2. The average molecular weight is 485 g/mol. The maximum atomic E-state index is 12.3. The zero-order chi connectivity index (χ0) is 22.4. The number of unbranched alkanes of at least 4 members (excludes halogenated alkanes) is 2. The van der Waals surface area contributed by atoms with Gasteiger partial charge in [0.25, 0.3) is 0 Å². The second-order valence-corrected chi connectivity index (χ2v) is 9.81. The smallest absolute Gasteiger partial charge is 0.0622 e. The third-order valence-corrected chi connectivity index (χ3v) is 5.34. The summed E-state index contributed by atoms with van der Waals surface area (Å²) < 4.78 is 10.5. The number of alkyl carbamates (subject to hydrolysis) is 1. The van der Waals surface area contributed by atoms with Crippen LogP contribution in [-0.2, 0) is 25.7 Å². The van der Waals surface area contributed by atoms with Crippen LogP contribution in [0.1, 0.15) is 52.0 Å². The van der Waals surface area contributed by atoms with Crippen molar-refractivity contribution in [3.8, 4) is 0 Å². The molecule has 30 heavy (non-hydrogen) atoms. The molecule has 2 amide bonds. The van der Waals surface area contributed by atoms with Crippen molar-refractivity contribution in [3.05, 3.63) is 35.9 Å². The minimum atomic E-state index is -0.606. The van der Waals surface area contributed by atoms with E-state index in [-0.39, 0.29) is 26.8 Å². The van der Waals surface area contributed by atoms with Crippen LogP contribution < -0.4 is 10.6 Å². The molecule has 1 rings (SSSR count). The Morgan fingerprint density at radius 1 is 1.07 bits per heavy atom. The van der Waals surface area contributed by atoms with E-state index in [1.165, 1.54) is 0 Å². The van der Waals surface area contributed by atoms with E-state index in [1.807, 2.05) is 36.2 Å². The van der Waals surface area contributed by atoms with Gasteiger partial charge in [-0.15, -0.1) is 0 Å². The van der Waals surface area contributed by atoms with Gasteiger partial charge < -0.3 is 0 Å². The molecule has 0 aliphatic heterocycles. The first-order chi connectivity index (χ1) is 14.2. The Balaban J connectivity index is 2.19. The van der Waals surface area contributed by atoms with Crippen molar-refractivity contribution in [1.29, 1.82) is 0 Å². The molecule has 2 N–H and O–H groups in total. The van der Waals surface area contributed by atoms with Gasteiger partial charge in [-0.25, -0.2) is 0 Å². The molecule has 0 radical (unpaired) electrons. The van der Waals surface area contributed by atoms with Crippen molar-refractivity contribution in [2.24, 2.45) is 0 Å². The summed E-state index contributed by atoms with van der Waals surface area (Å²) in [6, 6.07) is 8.99. The number of benzene rings is 1. The van der Waals surface area contributed by atoms with Gasteiger partial charge in [-0.05, 0) is 5.56 Å². The Morgan fingerprint density at radius 3 is 2.40 bits per heavy atom. The molecular formula is C22H34N2O5Se. The van der Waals surface area contributed by atoms with Gasteiger partial charge >= 0.3 is 150 Å². The summed E-state index contributed by atoms with van der Waals surface area (Å²) in [4.78, 5) is 36.0. The van der Waals surface area contributed by atoms with Crippen LogP contribution in [-0.4, -0.2) is 51.1 Å². The van der Waals surface area contributed by atoms with Crippen molar-refractivity contribution in [2.75, 3.05) is 6.54 Å². The first kappa shape index (κ1) is 26.0. The molecule has 1 aromatic carbocycles. The molecule has 7 nitrogen and oxygen atoms in total. The first-order valence-electron chi connectivity index (χ1n) is 10.2. The minimum Gasteiger partial charge on any atom is -0.0622 e. The normalized spacial score (nSPS) is 12.0. The second-order valence-electron chi connectivity index (χ2n) is 7.90. The third kappa shape index (κ3) is 12.5. The van der Waals surface area contributed by atoms with E-state index in [0.717, 1.165) is 18.4 Å². The van der Waals surface area contributed by atoms with Crippen molar-refractivity contribution < 1.29 is 23.9 Å². The second kappa shape index (κ2) is 14.0. The molecule has 0 aliphatic rings. The molecule has 0 aromatic heterocycles. The summed E-state index contributed by atoms with van der Waals surface area (Å²) >= 11 is 0.233. The van der Waals surface area contributed by atoms with E-state index in [4.69, 9.17) is 9.47 Å². The first-order valence-corrected chi connectivity index (χ1v) is 13.1. The number of carbonyl (C=O) groups excluding carboxylic acids is 3. The van der Waals surface area contributed by atoms with Crippen LogP contribution in [0.15, 0.2) is 30.3 Å². The summed E-state index contributed by atoms with van der Waals surface area (Å²) in [5.74, 6) is 1.60. The van der Waals surface area contributed by atoms with Crippen LogP contribution in [0.5, 0.6) is 0 Å². The Morgan fingerprint density at radius 2 is 1.77 bits per heavy atom. The molecule has 8 heteroatoms. The molecule has 0 spiro atoms. The van der Waals surface area contributed by atoms with Crippen molar-refractivity contribution in [3.63, 3.8) is 0 Å². The fraction of sp³-hybridized carbons (Fsp3) is 0.591. The van der Waals surface area contributed by atoms with Gasteiger partial charge in [0.1, 0.15) is 0 Å². The van der Waals surface area contributed by atoms with E-state index < -0.39 is 17.7 Å². The van der Waals surface area contributed by atoms with Gasteiger partial charge in [0.05, 0.1) is 0 Å². The van der Waals surface area contributed by atoms with E-state index in [9.17, 15) is 14.4 Å².